The maximum absolute atomic E-state index is 12.7. The number of carbonyl (C=O) groups excluding carboxylic acids is 2. The number of rotatable bonds is 7. The molecular weight excluding hydrogens is 404 g/mol. The number of amides is 2. The third kappa shape index (κ3) is 5.05. The van der Waals surface area contributed by atoms with Gasteiger partial charge in [0.1, 0.15) is 5.75 Å². The minimum absolute atomic E-state index is 0.220. The van der Waals surface area contributed by atoms with Crippen LogP contribution < -0.4 is 15.4 Å². The Bertz CT molecular complexity index is 1200. The Morgan fingerprint density at radius 3 is 2.22 bits per heavy atom. The molecule has 0 aliphatic rings. The third-order valence-electron chi connectivity index (χ3n) is 4.93. The third-order valence-corrected chi connectivity index (χ3v) is 4.93. The molecule has 4 rings (SSSR count). The van der Waals surface area contributed by atoms with Gasteiger partial charge in [-0.15, -0.1) is 0 Å². The zero-order chi connectivity index (χ0) is 22.3. The molecule has 0 atom stereocenters. The molecule has 0 saturated heterocycles. The molecule has 2 N–H and O–H groups in total. The number of ether oxygens (including phenoxy) is 1. The topological polar surface area (TPSA) is 80.6 Å². The molecule has 0 bridgehead atoms. The number of furan rings is 1. The second kappa shape index (κ2) is 9.66. The molecule has 6 nitrogen and oxygen atoms in total. The molecule has 0 spiro atoms. The second-order valence-electron chi connectivity index (χ2n) is 7.15. The van der Waals surface area contributed by atoms with Crippen LogP contribution in [0.15, 0.2) is 95.6 Å². The lowest BCUT2D eigenvalue weighted by molar-refractivity contribution is 0.0995. The summed E-state index contributed by atoms with van der Waals surface area (Å²) in [7, 11) is 1.63. The van der Waals surface area contributed by atoms with Gasteiger partial charge in [-0.2, -0.15) is 0 Å². The van der Waals surface area contributed by atoms with Crippen molar-refractivity contribution >= 4 is 23.2 Å². The summed E-state index contributed by atoms with van der Waals surface area (Å²) in [6.45, 7) is 0. The van der Waals surface area contributed by atoms with Crippen molar-refractivity contribution in [3.05, 3.63) is 114 Å². The van der Waals surface area contributed by atoms with E-state index in [1.54, 1.807) is 43.5 Å². The molecule has 2 amide bonds. The monoisotopic (exact) mass is 426 g/mol. The molecular formula is C26H22N2O4. The van der Waals surface area contributed by atoms with Crippen LogP contribution in [0.1, 0.15) is 32.0 Å². The molecule has 0 aliphatic carbocycles. The molecule has 0 saturated carbocycles. The highest BCUT2D eigenvalue weighted by atomic mass is 16.5. The summed E-state index contributed by atoms with van der Waals surface area (Å²) in [5.74, 6) is 0.391. The Balaban J connectivity index is 1.44. The van der Waals surface area contributed by atoms with E-state index in [2.05, 4.69) is 22.8 Å². The Morgan fingerprint density at radius 1 is 0.812 bits per heavy atom. The van der Waals surface area contributed by atoms with Gasteiger partial charge in [-0.3, -0.25) is 9.59 Å². The predicted molar refractivity (Wildman–Crippen MR) is 123 cm³/mol. The van der Waals surface area contributed by atoms with Crippen LogP contribution in [0.25, 0.3) is 0 Å². The van der Waals surface area contributed by atoms with Gasteiger partial charge < -0.3 is 19.8 Å². The molecule has 0 aliphatic heterocycles. The van der Waals surface area contributed by atoms with Crippen molar-refractivity contribution < 1.29 is 18.7 Å². The van der Waals surface area contributed by atoms with Crippen LogP contribution in [0, 0.1) is 0 Å². The number of benzene rings is 3. The molecule has 1 aromatic heterocycles. The summed E-state index contributed by atoms with van der Waals surface area (Å²) >= 11 is 0. The molecule has 160 valence electrons. The Morgan fingerprint density at radius 2 is 1.53 bits per heavy atom. The predicted octanol–water partition coefficient (Wildman–Crippen LogP) is 5.38. The fourth-order valence-corrected chi connectivity index (χ4v) is 3.32. The number of hydrogen-bond donors (Lipinski definition) is 2. The highest BCUT2D eigenvalue weighted by Gasteiger charge is 2.12. The summed E-state index contributed by atoms with van der Waals surface area (Å²) in [5, 5.41) is 5.65. The fraction of sp³-hybridized carbons (Fsp3) is 0.0769. The van der Waals surface area contributed by atoms with Crippen molar-refractivity contribution in [2.75, 3.05) is 17.7 Å². The van der Waals surface area contributed by atoms with Gasteiger partial charge in [0, 0.05) is 28.9 Å². The first kappa shape index (κ1) is 20.9. The van der Waals surface area contributed by atoms with E-state index in [0.29, 0.717) is 23.4 Å². The van der Waals surface area contributed by atoms with Gasteiger partial charge in [0.15, 0.2) is 5.76 Å². The number of hydrogen-bond acceptors (Lipinski definition) is 4. The lowest BCUT2D eigenvalue weighted by Crippen LogP contribution is -2.13. The number of methoxy groups -OCH3 is 1. The average molecular weight is 426 g/mol. The van der Waals surface area contributed by atoms with E-state index in [9.17, 15) is 9.59 Å². The molecule has 32 heavy (non-hydrogen) atoms. The largest absolute Gasteiger partial charge is 0.496 e. The Hall–Kier alpha value is -4.32. The van der Waals surface area contributed by atoms with E-state index in [1.807, 2.05) is 36.4 Å². The lowest BCUT2D eigenvalue weighted by atomic mass is 10.0. The van der Waals surface area contributed by atoms with Gasteiger partial charge in [0.2, 0.25) is 0 Å². The maximum atomic E-state index is 12.7. The van der Waals surface area contributed by atoms with E-state index in [4.69, 9.17) is 9.15 Å². The van der Waals surface area contributed by atoms with Gasteiger partial charge in [0.25, 0.3) is 11.8 Å². The standard InChI is InChI=1S/C26H22N2O4/c1-31-23-14-13-22(17-20(23)16-18-6-3-2-4-7-18)28-25(29)19-9-11-21(12-10-19)27-26(30)24-8-5-15-32-24/h2-15,17H,16H2,1H3,(H,27,30)(H,28,29). The highest BCUT2D eigenvalue weighted by molar-refractivity contribution is 6.05. The lowest BCUT2D eigenvalue weighted by Gasteiger charge is -2.12. The van der Waals surface area contributed by atoms with E-state index >= 15 is 0 Å². The summed E-state index contributed by atoms with van der Waals surface area (Å²) in [5.41, 5.74) is 3.85. The molecule has 0 radical (unpaired) electrons. The first-order valence-corrected chi connectivity index (χ1v) is 10.1. The minimum atomic E-state index is -0.351. The van der Waals surface area contributed by atoms with Gasteiger partial charge in [-0.05, 0) is 60.2 Å². The summed E-state index contributed by atoms with van der Waals surface area (Å²) in [6, 6.07) is 25.5. The molecule has 6 heteroatoms. The van der Waals surface area contributed by atoms with Crippen LogP contribution >= 0.6 is 0 Å². The molecule has 3 aromatic carbocycles. The van der Waals surface area contributed by atoms with E-state index in [-0.39, 0.29) is 17.6 Å². The molecule has 4 aromatic rings. The van der Waals surface area contributed by atoms with Gasteiger partial charge in [0.05, 0.1) is 13.4 Å². The van der Waals surface area contributed by atoms with Crippen molar-refractivity contribution in [1.29, 1.82) is 0 Å². The van der Waals surface area contributed by atoms with Crippen LogP contribution in [0.3, 0.4) is 0 Å². The van der Waals surface area contributed by atoms with Crippen molar-refractivity contribution in [2.24, 2.45) is 0 Å². The first-order valence-electron chi connectivity index (χ1n) is 10.1. The highest BCUT2D eigenvalue weighted by Crippen LogP contribution is 2.26. The summed E-state index contributed by atoms with van der Waals surface area (Å²) in [4.78, 5) is 24.8. The van der Waals surface area contributed by atoms with Crippen LogP contribution in [0.4, 0.5) is 11.4 Å². The van der Waals surface area contributed by atoms with Crippen LogP contribution in [-0.4, -0.2) is 18.9 Å². The second-order valence-corrected chi connectivity index (χ2v) is 7.15. The average Bonchev–Trinajstić information content (AvgIpc) is 3.36. The number of carbonyl (C=O) groups is 2. The minimum Gasteiger partial charge on any atom is -0.496 e. The quantitative estimate of drug-likeness (QED) is 0.416. The van der Waals surface area contributed by atoms with Gasteiger partial charge >= 0.3 is 0 Å². The van der Waals surface area contributed by atoms with Crippen molar-refractivity contribution in [3.8, 4) is 5.75 Å². The smallest absolute Gasteiger partial charge is 0.291 e. The van der Waals surface area contributed by atoms with Crippen molar-refractivity contribution in [2.45, 2.75) is 6.42 Å². The summed E-state index contributed by atoms with van der Waals surface area (Å²) in [6.07, 6.45) is 2.13. The molecule has 0 fully saturated rings. The maximum Gasteiger partial charge on any atom is 0.291 e. The molecule has 1 heterocycles. The van der Waals surface area contributed by atoms with Gasteiger partial charge in [-0.1, -0.05) is 30.3 Å². The Labute approximate surface area is 185 Å². The van der Waals surface area contributed by atoms with Crippen LogP contribution in [0.2, 0.25) is 0 Å². The molecule has 0 unspecified atom stereocenters. The van der Waals surface area contributed by atoms with Gasteiger partial charge in [-0.25, -0.2) is 0 Å². The fourth-order valence-electron chi connectivity index (χ4n) is 3.32. The van der Waals surface area contributed by atoms with Crippen LogP contribution in [0.5, 0.6) is 5.75 Å². The SMILES string of the molecule is COc1ccc(NC(=O)c2ccc(NC(=O)c3ccco3)cc2)cc1Cc1ccccc1. The summed E-state index contributed by atoms with van der Waals surface area (Å²) < 4.78 is 10.6. The van der Waals surface area contributed by atoms with Crippen molar-refractivity contribution in [1.82, 2.24) is 0 Å². The zero-order valence-electron chi connectivity index (χ0n) is 17.5. The Kier molecular flexibility index (Phi) is 6.32. The van der Waals surface area contributed by atoms with E-state index < -0.39 is 0 Å². The van der Waals surface area contributed by atoms with Crippen molar-refractivity contribution in [3.63, 3.8) is 0 Å². The zero-order valence-corrected chi connectivity index (χ0v) is 17.5. The van der Waals surface area contributed by atoms with E-state index in [0.717, 1.165) is 16.9 Å². The first-order chi connectivity index (χ1) is 15.6. The van der Waals surface area contributed by atoms with Crippen LogP contribution in [-0.2, 0) is 6.42 Å². The van der Waals surface area contributed by atoms with E-state index in [1.165, 1.54) is 6.26 Å². The number of nitrogens with one attached hydrogen (secondary N) is 2. The normalized spacial score (nSPS) is 10.4. The number of anilines is 2.